The van der Waals surface area contributed by atoms with Gasteiger partial charge in [0, 0.05) is 12.0 Å². The quantitative estimate of drug-likeness (QED) is 0.735. The van der Waals surface area contributed by atoms with Crippen molar-refractivity contribution >= 4 is 5.78 Å². The van der Waals surface area contributed by atoms with Gasteiger partial charge in [-0.15, -0.1) is 0 Å². The molecule has 1 heterocycles. The fourth-order valence-electron chi connectivity index (χ4n) is 1.97. The van der Waals surface area contributed by atoms with E-state index in [2.05, 4.69) is 0 Å². The van der Waals surface area contributed by atoms with E-state index in [9.17, 15) is 9.90 Å². The molecule has 2 atom stereocenters. The maximum Gasteiger partial charge on any atom is 0.163 e. The number of rotatable bonds is 2. The molecular weight excluding hydrogens is 196 g/mol. The van der Waals surface area contributed by atoms with Gasteiger partial charge in [-0.05, 0) is 20.3 Å². The van der Waals surface area contributed by atoms with Crippen LogP contribution in [0.4, 0.5) is 0 Å². The van der Waals surface area contributed by atoms with Gasteiger partial charge in [-0.1, -0.05) is 6.08 Å². The first-order valence-electron chi connectivity index (χ1n) is 5.23. The molecule has 84 valence electrons. The second-order valence-electron chi connectivity index (χ2n) is 4.43. The van der Waals surface area contributed by atoms with Crippen LogP contribution in [0, 0.1) is 0 Å². The van der Waals surface area contributed by atoms with E-state index in [1.165, 1.54) is 0 Å². The third kappa shape index (κ3) is 2.12. The average molecular weight is 212 g/mol. The van der Waals surface area contributed by atoms with Crippen LogP contribution in [-0.2, 0) is 14.3 Å². The minimum atomic E-state index is -0.846. The van der Waals surface area contributed by atoms with Crippen molar-refractivity contribution in [1.29, 1.82) is 0 Å². The largest absolute Gasteiger partial charge is 0.385 e. The Labute approximate surface area is 88.9 Å². The zero-order valence-corrected chi connectivity index (χ0v) is 9.03. The molecule has 0 aromatic carbocycles. The molecule has 0 bridgehead atoms. The summed E-state index contributed by atoms with van der Waals surface area (Å²) in [6, 6.07) is 0. The molecule has 0 spiro atoms. The van der Waals surface area contributed by atoms with Crippen LogP contribution in [0.2, 0.25) is 0 Å². The zero-order chi connectivity index (χ0) is 11.1. The van der Waals surface area contributed by atoms with Gasteiger partial charge in [-0.25, -0.2) is 0 Å². The van der Waals surface area contributed by atoms with Crippen molar-refractivity contribution in [2.24, 2.45) is 0 Å². The third-order valence-electron chi connectivity index (χ3n) is 2.76. The summed E-state index contributed by atoms with van der Waals surface area (Å²) in [5, 5.41) is 9.96. The normalized spacial score (nSPS) is 31.8. The summed E-state index contributed by atoms with van der Waals surface area (Å²) in [5.74, 6) is -0.635. The molecule has 4 nitrogen and oxygen atoms in total. The second kappa shape index (κ2) is 3.70. The summed E-state index contributed by atoms with van der Waals surface area (Å²) in [5.41, 5.74) is 0.487. The van der Waals surface area contributed by atoms with Crippen LogP contribution in [-0.4, -0.2) is 35.5 Å². The molecule has 0 radical (unpaired) electrons. The topological polar surface area (TPSA) is 55.8 Å². The number of carbonyl (C=O) groups is 1. The number of Topliss-reactive ketones (excluding diaryl/α,β-unsaturated/α-hetero) is 1. The highest BCUT2D eigenvalue weighted by Crippen LogP contribution is 2.28. The second-order valence-corrected chi connectivity index (χ2v) is 4.43. The zero-order valence-electron chi connectivity index (χ0n) is 9.03. The van der Waals surface area contributed by atoms with Crippen molar-refractivity contribution in [2.45, 2.75) is 44.7 Å². The van der Waals surface area contributed by atoms with Gasteiger partial charge >= 0.3 is 0 Å². The number of aliphatic hydroxyl groups is 1. The number of aliphatic hydroxyl groups excluding tert-OH is 1. The molecule has 0 aromatic heterocycles. The van der Waals surface area contributed by atoms with Crippen LogP contribution in [0.1, 0.15) is 26.7 Å². The predicted molar refractivity (Wildman–Crippen MR) is 53.2 cm³/mol. The lowest BCUT2D eigenvalue weighted by Crippen LogP contribution is -2.33. The first-order chi connectivity index (χ1) is 6.99. The summed E-state index contributed by atoms with van der Waals surface area (Å²) in [7, 11) is 0. The highest BCUT2D eigenvalue weighted by Gasteiger charge is 2.39. The Bertz CT molecular complexity index is 306. The third-order valence-corrected chi connectivity index (χ3v) is 2.76. The summed E-state index contributed by atoms with van der Waals surface area (Å²) >= 11 is 0. The van der Waals surface area contributed by atoms with E-state index < -0.39 is 18.0 Å². The molecule has 1 aliphatic carbocycles. The lowest BCUT2D eigenvalue weighted by Gasteiger charge is -2.20. The van der Waals surface area contributed by atoms with E-state index >= 15 is 0 Å². The SMILES string of the molecule is CC1(C)OC[C@H]([C@H](O)C2=CCCC2=O)O1. The first-order valence-corrected chi connectivity index (χ1v) is 5.23. The standard InChI is InChI=1S/C11H16O4/c1-11(2)14-6-9(15-11)10(13)7-4-3-5-8(7)12/h4,9-10,13H,3,5-6H2,1-2H3/t9-,10-/m1/s1. The summed E-state index contributed by atoms with van der Waals surface area (Å²) < 4.78 is 10.9. The number of carbonyl (C=O) groups excluding carboxylic acids is 1. The van der Waals surface area contributed by atoms with Crippen LogP contribution in [0.5, 0.6) is 0 Å². The van der Waals surface area contributed by atoms with E-state index in [4.69, 9.17) is 9.47 Å². The molecule has 1 N–H and O–H groups in total. The van der Waals surface area contributed by atoms with Crippen molar-refractivity contribution in [2.75, 3.05) is 6.61 Å². The maximum atomic E-state index is 11.4. The summed E-state index contributed by atoms with van der Waals surface area (Å²) in [4.78, 5) is 11.4. The highest BCUT2D eigenvalue weighted by molar-refractivity contribution is 5.98. The Morgan fingerprint density at radius 1 is 1.60 bits per heavy atom. The number of hydrogen-bond donors (Lipinski definition) is 1. The van der Waals surface area contributed by atoms with Gasteiger partial charge < -0.3 is 14.6 Å². The van der Waals surface area contributed by atoms with Gasteiger partial charge in [0.15, 0.2) is 11.6 Å². The first kappa shape index (κ1) is 10.8. The van der Waals surface area contributed by atoms with Crippen LogP contribution >= 0.6 is 0 Å². The maximum absolute atomic E-state index is 11.4. The van der Waals surface area contributed by atoms with Gasteiger partial charge in [0.05, 0.1) is 6.61 Å². The molecule has 2 aliphatic rings. The predicted octanol–water partition coefficient (Wildman–Crippen LogP) is 0.788. The molecule has 1 aliphatic heterocycles. The van der Waals surface area contributed by atoms with E-state index in [0.717, 1.165) is 6.42 Å². The van der Waals surface area contributed by atoms with Crippen molar-refractivity contribution in [3.05, 3.63) is 11.6 Å². The number of ether oxygens (including phenoxy) is 2. The molecule has 1 saturated heterocycles. The Hall–Kier alpha value is -0.710. The fraction of sp³-hybridized carbons (Fsp3) is 0.727. The molecular formula is C11H16O4. The Balaban J connectivity index is 2.03. The van der Waals surface area contributed by atoms with Crippen molar-refractivity contribution < 1.29 is 19.4 Å². The minimum Gasteiger partial charge on any atom is -0.385 e. The summed E-state index contributed by atoms with van der Waals surface area (Å²) in [6.07, 6.45) is 1.75. The van der Waals surface area contributed by atoms with Gasteiger partial charge in [-0.2, -0.15) is 0 Å². The van der Waals surface area contributed by atoms with E-state index in [1.807, 2.05) is 0 Å². The van der Waals surface area contributed by atoms with Gasteiger partial charge in [0.25, 0.3) is 0 Å². The molecule has 0 unspecified atom stereocenters. The molecule has 2 rings (SSSR count). The lowest BCUT2D eigenvalue weighted by molar-refractivity contribution is -0.149. The van der Waals surface area contributed by atoms with Crippen molar-refractivity contribution in [1.82, 2.24) is 0 Å². The monoisotopic (exact) mass is 212 g/mol. The van der Waals surface area contributed by atoms with Crippen LogP contribution in [0.3, 0.4) is 0 Å². The van der Waals surface area contributed by atoms with Crippen molar-refractivity contribution in [3.8, 4) is 0 Å². The number of allylic oxidation sites excluding steroid dienone is 1. The van der Waals surface area contributed by atoms with E-state index in [1.54, 1.807) is 19.9 Å². The van der Waals surface area contributed by atoms with Gasteiger partial charge in [-0.3, -0.25) is 4.79 Å². The van der Waals surface area contributed by atoms with Gasteiger partial charge in [0.2, 0.25) is 0 Å². The number of ketones is 1. The Morgan fingerprint density at radius 3 is 2.80 bits per heavy atom. The molecule has 4 heteroatoms. The Morgan fingerprint density at radius 2 is 2.33 bits per heavy atom. The smallest absolute Gasteiger partial charge is 0.163 e. The van der Waals surface area contributed by atoms with Crippen LogP contribution in [0.15, 0.2) is 11.6 Å². The molecule has 15 heavy (non-hydrogen) atoms. The Kier molecular flexibility index (Phi) is 2.66. The summed E-state index contributed by atoms with van der Waals surface area (Å²) in [6.45, 7) is 3.92. The molecule has 1 fully saturated rings. The van der Waals surface area contributed by atoms with E-state index in [-0.39, 0.29) is 5.78 Å². The highest BCUT2D eigenvalue weighted by atomic mass is 16.7. The number of hydrogen-bond acceptors (Lipinski definition) is 4. The minimum absolute atomic E-state index is 0.0239. The lowest BCUT2D eigenvalue weighted by atomic mass is 10.0. The molecule has 0 saturated carbocycles. The van der Waals surface area contributed by atoms with Crippen LogP contribution in [0.25, 0.3) is 0 Å². The van der Waals surface area contributed by atoms with Crippen LogP contribution < -0.4 is 0 Å². The average Bonchev–Trinajstić information content (AvgIpc) is 2.71. The van der Waals surface area contributed by atoms with Crippen molar-refractivity contribution in [3.63, 3.8) is 0 Å². The fourth-order valence-corrected chi connectivity index (χ4v) is 1.97. The molecule has 0 amide bonds. The van der Waals surface area contributed by atoms with Gasteiger partial charge in [0.1, 0.15) is 12.2 Å². The van der Waals surface area contributed by atoms with E-state index in [0.29, 0.717) is 18.6 Å². The molecule has 0 aromatic rings.